The lowest BCUT2D eigenvalue weighted by Gasteiger charge is -2.20. The van der Waals surface area contributed by atoms with Gasteiger partial charge in [0.2, 0.25) is 0 Å². The van der Waals surface area contributed by atoms with Crippen LogP contribution in [0, 0.1) is 12.3 Å². The molecule has 2 heteroatoms. The Kier molecular flexibility index (Phi) is 2.77. The molecule has 0 saturated carbocycles. The summed E-state index contributed by atoms with van der Waals surface area (Å²) in [5.74, 6) is 2.54. The Morgan fingerprint density at radius 2 is 2.31 bits per heavy atom. The van der Waals surface area contributed by atoms with Gasteiger partial charge in [0.1, 0.15) is 5.69 Å². The Morgan fingerprint density at radius 1 is 1.62 bits per heavy atom. The van der Waals surface area contributed by atoms with Crippen molar-refractivity contribution in [3.8, 4) is 12.3 Å². The molecule has 0 atom stereocenters. The molecule has 1 N–H and O–H groups in total. The van der Waals surface area contributed by atoms with Crippen molar-refractivity contribution in [3.05, 3.63) is 17.5 Å². The van der Waals surface area contributed by atoms with Gasteiger partial charge in [-0.25, -0.2) is 0 Å². The summed E-state index contributed by atoms with van der Waals surface area (Å²) in [5.41, 5.74) is 1.95. The molecule has 1 rings (SSSR count). The third kappa shape index (κ3) is 2.12. The number of rotatable bonds is 3. The van der Waals surface area contributed by atoms with Gasteiger partial charge in [0, 0.05) is 5.41 Å². The van der Waals surface area contributed by atoms with Crippen LogP contribution in [0.3, 0.4) is 0 Å². The SMILES string of the molecule is C#Cc1cc(C(C)(C)CCC)n[nH]1. The van der Waals surface area contributed by atoms with Gasteiger partial charge in [-0.05, 0) is 12.5 Å². The summed E-state index contributed by atoms with van der Waals surface area (Å²) in [5, 5.41) is 7.04. The van der Waals surface area contributed by atoms with E-state index in [4.69, 9.17) is 6.42 Å². The van der Waals surface area contributed by atoms with E-state index < -0.39 is 0 Å². The maximum absolute atomic E-state index is 5.26. The number of aromatic nitrogens is 2. The van der Waals surface area contributed by atoms with Crippen LogP contribution < -0.4 is 0 Å². The maximum atomic E-state index is 5.26. The van der Waals surface area contributed by atoms with E-state index in [0.29, 0.717) is 0 Å². The highest BCUT2D eigenvalue weighted by Crippen LogP contribution is 2.26. The summed E-state index contributed by atoms with van der Waals surface area (Å²) in [4.78, 5) is 0. The highest BCUT2D eigenvalue weighted by atomic mass is 15.1. The molecule has 13 heavy (non-hydrogen) atoms. The van der Waals surface area contributed by atoms with Crippen LogP contribution in [0.5, 0.6) is 0 Å². The van der Waals surface area contributed by atoms with Crippen molar-refractivity contribution in [2.75, 3.05) is 0 Å². The molecule has 70 valence electrons. The molecular weight excluding hydrogens is 160 g/mol. The first-order chi connectivity index (χ1) is 6.10. The summed E-state index contributed by atoms with van der Waals surface area (Å²) < 4.78 is 0. The first-order valence-corrected chi connectivity index (χ1v) is 4.62. The fourth-order valence-corrected chi connectivity index (χ4v) is 1.50. The van der Waals surface area contributed by atoms with Gasteiger partial charge in [-0.1, -0.05) is 33.1 Å². The van der Waals surface area contributed by atoms with Crippen LogP contribution in [-0.2, 0) is 5.41 Å². The van der Waals surface area contributed by atoms with Gasteiger partial charge in [-0.15, -0.1) is 6.42 Å². The quantitative estimate of drug-likeness (QED) is 0.704. The van der Waals surface area contributed by atoms with Gasteiger partial charge in [-0.2, -0.15) is 5.10 Å². The van der Waals surface area contributed by atoms with E-state index in [2.05, 4.69) is 36.9 Å². The third-order valence-corrected chi connectivity index (χ3v) is 2.30. The molecule has 0 aliphatic rings. The van der Waals surface area contributed by atoms with Crippen molar-refractivity contribution in [1.29, 1.82) is 0 Å². The number of H-pyrrole nitrogens is 1. The number of nitrogens with zero attached hydrogens (tertiary/aromatic N) is 1. The largest absolute Gasteiger partial charge is 0.270 e. The average Bonchev–Trinajstić information content (AvgIpc) is 2.52. The van der Waals surface area contributed by atoms with Crippen molar-refractivity contribution in [3.63, 3.8) is 0 Å². The molecule has 0 aliphatic heterocycles. The predicted octanol–water partition coefficient (Wildman–Crippen LogP) is 2.47. The van der Waals surface area contributed by atoms with Crippen LogP contribution in [0.2, 0.25) is 0 Å². The van der Waals surface area contributed by atoms with E-state index in [1.165, 1.54) is 0 Å². The smallest absolute Gasteiger partial charge is 0.107 e. The molecule has 0 fully saturated rings. The predicted molar refractivity (Wildman–Crippen MR) is 54.5 cm³/mol. The van der Waals surface area contributed by atoms with E-state index in [1.54, 1.807) is 0 Å². The molecule has 0 aliphatic carbocycles. The van der Waals surface area contributed by atoms with E-state index >= 15 is 0 Å². The lowest BCUT2D eigenvalue weighted by Crippen LogP contribution is -2.17. The Labute approximate surface area is 79.7 Å². The summed E-state index contributed by atoms with van der Waals surface area (Å²) in [7, 11) is 0. The first kappa shape index (κ1) is 9.85. The zero-order chi connectivity index (χ0) is 9.90. The van der Waals surface area contributed by atoms with Gasteiger partial charge in [0.15, 0.2) is 0 Å². The number of hydrogen-bond acceptors (Lipinski definition) is 1. The van der Waals surface area contributed by atoms with Crippen molar-refractivity contribution < 1.29 is 0 Å². The lowest BCUT2D eigenvalue weighted by molar-refractivity contribution is 0.458. The van der Waals surface area contributed by atoms with Crippen LogP contribution in [0.1, 0.15) is 45.0 Å². The van der Waals surface area contributed by atoms with Gasteiger partial charge >= 0.3 is 0 Å². The molecule has 1 aromatic heterocycles. The third-order valence-electron chi connectivity index (χ3n) is 2.30. The molecule has 0 spiro atoms. The average molecular weight is 176 g/mol. The second kappa shape index (κ2) is 3.66. The van der Waals surface area contributed by atoms with E-state index in [9.17, 15) is 0 Å². The summed E-state index contributed by atoms with van der Waals surface area (Å²) in [6.45, 7) is 6.55. The molecule has 0 aromatic carbocycles. The Bertz CT molecular complexity index is 315. The minimum atomic E-state index is 0.125. The summed E-state index contributed by atoms with van der Waals surface area (Å²) in [6.07, 6.45) is 7.54. The zero-order valence-corrected chi connectivity index (χ0v) is 8.52. The lowest BCUT2D eigenvalue weighted by atomic mass is 9.84. The second-order valence-corrected chi connectivity index (χ2v) is 3.95. The highest BCUT2D eigenvalue weighted by Gasteiger charge is 2.22. The summed E-state index contributed by atoms with van der Waals surface area (Å²) >= 11 is 0. The molecule has 0 unspecified atom stereocenters. The van der Waals surface area contributed by atoms with Crippen LogP contribution >= 0.6 is 0 Å². The molecule has 0 amide bonds. The van der Waals surface area contributed by atoms with Crippen LogP contribution in [-0.4, -0.2) is 10.2 Å². The van der Waals surface area contributed by atoms with E-state index in [1.807, 2.05) is 6.07 Å². The van der Waals surface area contributed by atoms with Crippen molar-refractivity contribution >= 4 is 0 Å². The minimum Gasteiger partial charge on any atom is -0.270 e. The number of hydrogen-bond donors (Lipinski definition) is 1. The zero-order valence-electron chi connectivity index (χ0n) is 8.52. The Hall–Kier alpha value is -1.23. The molecule has 0 bridgehead atoms. The Morgan fingerprint density at radius 3 is 2.77 bits per heavy atom. The van der Waals surface area contributed by atoms with Gasteiger partial charge in [0.05, 0.1) is 5.69 Å². The Balaban J connectivity index is 2.88. The van der Waals surface area contributed by atoms with Crippen molar-refractivity contribution in [2.24, 2.45) is 0 Å². The van der Waals surface area contributed by atoms with Crippen LogP contribution in [0.25, 0.3) is 0 Å². The number of terminal acetylenes is 1. The fourth-order valence-electron chi connectivity index (χ4n) is 1.50. The second-order valence-electron chi connectivity index (χ2n) is 3.95. The number of nitrogens with one attached hydrogen (secondary N) is 1. The minimum absolute atomic E-state index is 0.125. The highest BCUT2D eigenvalue weighted by molar-refractivity contribution is 5.28. The van der Waals surface area contributed by atoms with Crippen molar-refractivity contribution in [1.82, 2.24) is 10.2 Å². The topological polar surface area (TPSA) is 28.7 Å². The number of aromatic amines is 1. The molecule has 0 radical (unpaired) electrons. The molecule has 2 nitrogen and oxygen atoms in total. The molecular formula is C11H16N2. The monoisotopic (exact) mass is 176 g/mol. The summed E-state index contributed by atoms with van der Waals surface area (Å²) in [6, 6.07) is 1.95. The fraction of sp³-hybridized carbons (Fsp3) is 0.545. The van der Waals surface area contributed by atoms with Crippen LogP contribution in [0.15, 0.2) is 6.07 Å². The molecule has 1 aromatic rings. The van der Waals surface area contributed by atoms with E-state index in [-0.39, 0.29) is 5.41 Å². The maximum Gasteiger partial charge on any atom is 0.107 e. The standard InChI is InChI=1S/C11H16N2/c1-5-7-11(3,4)10-8-9(6-2)12-13-10/h2,8H,5,7H2,1,3-4H3,(H,12,13). The normalized spacial score (nSPS) is 11.2. The van der Waals surface area contributed by atoms with Gasteiger partial charge in [-0.3, -0.25) is 5.10 Å². The molecule has 0 saturated heterocycles. The van der Waals surface area contributed by atoms with E-state index in [0.717, 1.165) is 24.2 Å². The van der Waals surface area contributed by atoms with Crippen molar-refractivity contribution in [2.45, 2.75) is 39.0 Å². The van der Waals surface area contributed by atoms with Gasteiger partial charge in [0.25, 0.3) is 0 Å². The van der Waals surface area contributed by atoms with Crippen LogP contribution in [0.4, 0.5) is 0 Å². The molecule has 1 heterocycles. The first-order valence-electron chi connectivity index (χ1n) is 4.62. The van der Waals surface area contributed by atoms with Gasteiger partial charge < -0.3 is 0 Å².